The third-order valence-electron chi connectivity index (χ3n) is 1.49. The quantitative estimate of drug-likeness (QED) is 0.792. The Bertz CT molecular complexity index is 309. The Morgan fingerprint density at radius 2 is 2.07 bits per heavy atom. The predicted molar refractivity (Wildman–Crippen MR) is 46.8 cm³/mol. The molecule has 1 heterocycles. The second-order valence-electron chi connectivity index (χ2n) is 2.61. The van der Waals surface area contributed by atoms with Gasteiger partial charge in [0.1, 0.15) is 0 Å². The Balaban J connectivity index is 2.43. The molecule has 1 aromatic rings. The molecule has 2 N–H and O–H groups in total. The Hall–Kier alpha value is -0.920. The molecule has 8 heteroatoms. The summed E-state index contributed by atoms with van der Waals surface area (Å²) in [7, 11) is 1.60. The minimum absolute atomic E-state index is 0.0739. The number of nitrogens with two attached hydrogens (primary N) is 1. The normalized spacial score (nSPS) is 12.0. The van der Waals surface area contributed by atoms with Gasteiger partial charge >= 0.3 is 6.18 Å². The molecule has 0 unspecified atom stereocenters. The Labute approximate surface area is 82.7 Å². The van der Waals surface area contributed by atoms with Gasteiger partial charge in [-0.05, 0) is 0 Å². The first-order chi connectivity index (χ1) is 6.40. The van der Waals surface area contributed by atoms with Crippen molar-refractivity contribution < 1.29 is 13.2 Å². The molecular weight excluding hydrogens is 217 g/mol. The molecule has 1 aromatic heterocycles. The van der Waals surface area contributed by atoms with Gasteiger partial charge in [0.2, 0.25) is 5.95 Å². The molecule has 0 atom stereocenters. The zero-order valence-corrected chi connectivity index (χ0v) is 8.19. The zero-order chi connectivity index (χ0) is 10.8. The molecule has 0 saturated carbocycles. The fourth-order valence-corrected chi connectivity index (χ4v) is 1.61. The smallest absolute Gasteiger partial charge is 0.368 e. The van der Waals surface area contributed by atoms with E-state index >= 15 is 0 Å². The largest absolute Gasteiger partial charge is 0.389 e. The molecule has 80 valence electrons. The third-order valence-corrected chi connectivity index (χ3v) is 2.51. The zero-order valence-electron chi connectivity index (χ0n) is 7.38. The molecule has 0 aliphatic carbocycles. The van der Waals surface area contributed by atoms with E-state index in [-0.39, 0.29) is 11.7 Å². The van der Waals surface area contributed by atoms with E-state index < -0.39 is 12.6 Å². The van der Waals surface area contributed by atoms with E-state index in [4.69, 9.17) is 5.73 Å². The highest BCUT2D eigenvalue weighted by molar-refractivity contribution is 7.99. The van der Waals surface area contributed by atoms with Crippen LogP contribution in [0.15, 0.2) is 5.16 Å². The summed E-state index contributed by atoms with van der Waals surface area (Å²) in [6, 6.07) is 0. The van der Waals surface area contributed by atoms with E-state index in [0.717, 1.165) is 11.8 Å². The van der Waals surface area contributed by atoms with Crippen LogP contribution in [0.25, 0.3) is 0 Å². The molecule has 0 aromatic carbocycles. The second kappa shape index (κ2) is 4.07. The number of hydrogen-bond acceptors (Lipinski definition) is 4. The van der Waals surface area contributed by atoms with E-state index in [1.54, 1.807) is 7.05 Å². The van der Waals surface area contributed by atoms with E-state index in [9.17, 15) is 13.2 Å². The number of alkyl halides is 3. The van der Waals surface area contributed by atoms with Crippen LogP contribution in [0.1, 0.15) is 6.42 Å². The van der Waals surface area contributed by atoms with Crippen LogP contribution in [0, 0.1) is 0 Å². The lowest BCUT2D eigenvalue weighted by molar-refractivity contribution is -0.129. The molecule has 0 saturated heterocycles. The molecule has 0 radical (unpaired) electrons. The minimum Gasteiger partial charge on any atom is -0.368 e. The van der Waals surface area contributed by atoms with Gasteiger partial charge in [-0.1, -0.05) is 11.8 Å². The number of halogens is 3. The predicted octanol–water partition coefficient (Wildman–Crippen LogP) is 1.44. The van der Waals surface area contributed by atoms with Gasteiger partial charge < -0.3 is 5.73 Å². The first-order valence-corrected chi connectivity index (χ1v) is 4.73. The highest BCUT2D eigenvalue weighted by Gasteiger charge is 2.26. The highest BCUT2D eigenvalue weighted by Crippen LogP contribution is 2.25. The van der Waals surface area contributed by atoms with Crippen molar-refractivity contribution in [3.05, 3.63) is 0 Å². The molecule has 0 aliphatic heterocycles. The lowest BCUT2D eigenvalue weighted by Crippen LogP contribution is -2.08. The standard InChI is InChI=1S/C6H9F3N4S/c1-13-4(10)11-12-5(13)14-3-2-6(7,8)9/h2-3H2,1H3,(H2,10,11). The summed E-state index contributed by atoms with van der Waals surface area (Å²) >= 11 is 0.984. The Morgan fingerprint density at radius 3 is 2.50 bits per heavy atom. The van der Waals surface area contributed by atoms with Crippen LogP contribution in [-0.4, -0.2) is 26.7 Å². The van der Waals surface area contributed by atoms with Crippen LogP contribution >= 0.6 is 11.8 Å². The van der Waals surface area contributed by atoms with Crippen molar-refractivity contribution >= 4 is 17.7 Å². The van der Waals surface area contributed by atoms with Crippen LogP contribution < -0.4 is 5.73 Å². The van der Waals surface area contributed by atoms with Crippen molar-refractivity contribution in [2.75, 3.05) is 11.5 Å². The van der Waals surface area contributed by atoms with Gasteiger partial charge in [-0.2, -0.15) is 13.2 Å². The van der Waals surface area contributed by atoms with Crippen molar-refractivity contribution in [1.29, 1.82) is 0 Å². The summed E-state index contributed by atoms with van der Waals surface area (Å²) in [6.45, 7) is 0. The summed E-state index contributed by atoms with van der Waals surface area (Å²) in [5, 5.41) is 7.53. The summed E-state index contributed by atoms with van der Waals surface area (Å²) in [6.07, 6.45) is -4.97. The Kier molecular flexibility index (Phi) is 3.25. The number of nitrogens with zero attached hydrogens (tertiary/aromatic N) is 3. The minimum atomic E-state index is -4.13. The number of nitrogen functional groups attached to an aromatic ring is 1. The molecule has 0 fully saturated rings. The summed E-state index contributed by atoms with van der Waals surface area (Å²) < 4.78 is 36.8. The van der Waals surface area contributed by atoms with Gasteiger partial charge in [0, 0.05) is 12.8 Å². The van der Waals surface area contributed by atoms with Crippen molar-refractivity contribution in [2.24, 2.45) is 7.05 Å². The molecule has 0 spiro atoms. The van der Waals surface area contributed by atoms with Crippen LogP contribution in [0.5, 0.6) is 0 Å². The number of hydrogen-bond donors (Lipinski definition) is 1. The second-order valence-corrected chi connectivity index (χ2v) is 3.68. The van der Waals surface area contributed by atoms with Crippen molar-refractivity contribution in [3.8, 4) is 0 Å². The molecule has 0 aliphatic rings. The molecule has 0 amide bonds. The first kappa shape index (κ1) is 11.2. The van der Waals surface area contributed by atoms with Crippen LogP contribution in [0.2, 0.25) is 0 Å². The highest BCUT2D eigenvalue weighted by atomic mass is 32.2. The van der Waals surface area contributed by atoms with Crippen LogP contribution in [-0.2, 0) is 7.05 Å². The maximum Gasteiger partial charge on any atom is 0.389 e. The SMILES string of the molecule is Cn1c(N)nnc1SCCC(F)(F)F. The monoisotopic (exact) mass is 226 g/mol. The summed E-state index contributed by atoms with van der Waals surface area (Å²) in [5.74, 6) is 0.120. The fraction of sp³-hybridized carbons (Fsp3) is 0.667. The van der Waals surface area contributed by atoms with E-state index in [2.05, 4.69) is 10.2 Å². The molecular formula is C6H9F3N4S. The van der Waals surface area contributed by atoms with Crippen molar-refractivity contribution in [3.63, 3.8) is 0 Å². The average Bonchev–Trinajstić information content (AvgIpc) is 2.33. The topological polar surface area (TPSA) is 56.7 Å². The van der Waals surface area contributed by atoms with Crippen molar-refractivity contribution in [2.45, 2.75) is 17.8 Å². The van der Waals surface area contributed by atoms with Gasteiger partial charge in [-0.3, -0.25) is 4.57 Å². The van der Waals surface area contributed by atoms with Gasteiger partial charge in [-0.25, -0.2) is 0 Å². The Morgan fingerprint density at radius 1 is 1.43 bits per heavy atom. The lowest BCUT2D eigenvalue weighted by atomic mass is 10.5. The molecule has 4 nitrogen and oxygen atoms in total. The van der Waals surface area contributed by atoms with Crippen LogP contribution in [0.3, 0.4) is 0 Å². The molecule has 1 rings (SSSR count). The summed E-state index contributed by atoms with van der Waals surface area (Å²) in [5.41, 5.74) is 5.35. The maximum atomic E-state index is 11.8. The number of aromatic nitrogens is 3. The molecule has 14 heavy (non-hydrogen) atoms. The number of anilines is 1. The van der Waals surface area contributed by atoms with Gasteiger partial charge in [0.25, 0.3) is 0 Å². The summed E-state index contributed by atoms with van der Waals surface area (Å²) in [4.78, 5) is 0. The van der Waals surface area contributed by atoms with Gasteiger partial charge in [-0.15, -0.1) is 10.2 Å². The van der Waals surface area contributed by atoms with E-state index in [1.165, 1.54) is 4.57 Å². The first-order valence-electron chi connectivity index (χ1n) is 3.74. The molecule has 0 bridgehead atoms. The van der Waals surface area contributed by atoms with Crippen molar-refractivity contribution in [1.82, 2.24) is 14.8 Å². The maximum absolute atomic E-state index is 11.8. The number of thioether (sulfide) groups is 1. The lowest BCUT2D eigenvalue weighted by Gasteiger charge is -2.04. The van der Waals surface area contributed by atoms with Crippen LogP contribution in [0.4, 0.5) is 19.1 Å². The van der Waals surface area contributed by atoms with E-state index in [1.807, 2.05) is 0 Å². The number of rotatable bonds is 3. The third kappa shape index (κ3) is 3.09. The van der Waals surface area contributed by atoms with Gasteiger partial charge in [0.15, 0.2) is 5.16 Å². The van der Waals surface area contributed by atoms with Gasteiger partial charge in [0.05, 0.1) is 6.42 Å². The fourth-order valence-electron chi connectivity index (χ4n) is 0.710. The average molecular weight is 226 g/mol. The van der Waals surface area contributed by atoms with E-state index in [0.29, 0.717) is 5.16 Å².